The van der Waals surface area contributed by atoms with E-state index in [1.165, 1.54) is 19.3 Å². The summed E-state index contributed by atoms with van der Waals surface area (Å²) in [5, 5.41) is 12.8. The third-order valence-corrected chi connectivity index (χ3v) is 3.82. The van der Waals surface area contributed by atoms with E-state index < -0.39 is 0 Å². The van der Waals surface area contributed by atoms with Crippen molar-refractivity contribution in [2.75, 3.05) is 5.32 Å². The molecule has 1 aromatic rings. The number of nitriles is 1. The summed E-state index contributed by atoms with van der Waals surface area (Å²) in [6.07, 6.45) is 5.86. The minimum absolute atomic E-state index is 0.196. The van der Waals surface area contributed by atoms with E-state index in [0.717, 1.165) is 18.5 Å². The number of halogens is 1. The van der Waals surface area contributed by atoms with Crippen LogP contribution in [0, 0.1) is 11.3 Å². The lowest BCUT2D eigenvalue weighted by Crippen LogP contribution is -2.39. The largest absolute Gasteiger partial charge is 0.381 e. The molecule has 0 saturated heterocycles. The molecule has 0 amide bonds. The molecule has 2 rings (SSSR count). The fourth-order valence-corrected chi connectivity index (χ4v) is 2.65. The number of nitrogens with zero attached hydrogens (tertiary/aromatic N) is 1. The highest BCUT2D eigenvalue weighted by Crippen LogP contribution is 2.24. The first-order valence-corrected chi connectivity index (χ1v) is 6.80. The van der Waals surface area contributed by atoms with Crippen molar-refractivity contribution < 1.29 is 0 Å². The van der Waals surface area contributed by atoms with Crippen LogP contribution in [0.2, 0.25) is 5.02 Å². The molecule has 1 saturated carbocycles. The van der Waals surface area contributed by atoms with Crippen molar-refractivity contribution in [3.8, 4) is 6.07 Å². The van der Waals surface area contributed by atoms with E-state index in [0.29, 0.717) is 16.6 Å². The maximum Gasteiger partial charge on any atom is 0.101 e. The second-order valence-corrected chi connectivity index (χ2v) is 5.27. The second-order valence-electron chi connectivity index (χ2n) is 4.86. The molecule has 0 spiro atoms. The van der Waals surface area contributed by atoms with Crippen LogP contribution in [0.5, 0.6) is 0 Å². The highest BCUT2D eigenvalue weighted by atomic mass is 35.5. The standard InChI is InChI=1S/C14H18ClN3/c15-12-8-11(7-6-10(12)9-16)18-14-5-3-1-2-4-13(14)17/h6-8,13-14,18H,1-5,17H2. The summed E-state index contributed by atoms with van der Waals surface area (Å²) in [6.45, 7) is 0. The van der Waals surface area contributed by atoms with Gasteiger partial charge in [0.05, 0.1) is 10.6 Å². The molecule has 0 aliphatic heterocycles. The predicted octanol–water partition coefficient (Wildman–Crippen LogP) is 3.28. The number of hydrogen-bond donors (Lipinski definition) is 2. The SMILES string of the molecule is N#Cc1ccc(NC2CCCCCC2N)cc1Cl. The maximum atomic E-state index is 8.84. The lowest BCUT2D eigenvalue weighted by molar-refractivity contribution is 0.528. The van der Waals surface area contributed by atoms with Crippen molar-refractivity contribution >= 4 is 17.3 Å². The van der Waals surface area contributed by atoms with Crippen LogP contribution in [0.3, 0.4) is 0 Å². The van der Waals surface area contributed by atoms with Crippen LogP contribution in [0.1, 0.15) is 37.7 Å². The lowest BCUT2D eigenvalue weighted by atomic mass is 10.0. The fraction of sp³-hybridized carbons (Fsp3) is 0.500. The van der Waals surface area contributed by atoms with Crippen LogP contribution in [-0.2, 0) is 0 Å². The summed E-state index contributed by atoms with van der Waals surface area (Å²) in [4.78, 5) is 0. The van der Waals surface area contributed by atoms with Crippen molar-refractivity contribution in [3.63, 3.8) is 0 Å². The molecule has 0 heterocycles. The Hall–Kier alpha value is -1.24. The average Bonchev–Trinajstić information content (AvgIpc) is 2.55. The molecule has 1 aliphatic carbocycles. The Labute approximate surface area is 113 Å². The summed E-state index contributed by atoms with van der Waals surface area (Å²) in [7, 11) is 0. The van der Waals surface area contributed by atoms with E-state index >= 15 is 0 Å². The molecular weight excluding hydrogens is 246 g/mol. The fourth-order valence-electron chi connectivity index (χ4n) is 2.43. The van der Waals surface area contributed by atoms with Crippen LogP contribution in [0.15, 0.2) is 18.2 Å². The monoisotopic (exact) mass is 263 g/mol. The Kier molecular flexibility index (Phi) is 4.46. The number of nitrogens with two attached hydrogens (primary N) is 1. The molecule has 2 atom stereocenters. The first kappa shape index (κ1) is 13.2. The minimum atomic E-state index is 0.196. The van der Waals surface area contributed by atoms with E-state index in [1.54, 1.807) is 12.1 Å². The highest BCUT2D eigenvalue weighted by molar-refractivity contribution is 6.32. The molecule has 0 bridgehead atoms. The second kappa shape index (κ2) is 6.08. The molecule has 4 heteroatoms. The number of anilines is 1. The summed E-state index contributed by atoms with van der Waals surface area (Å²) >= 11 is 6.02. The molecule has 1 aromatic carbocycles. The van der Waals surface area contributed by atoms with E-state index in [9.17, 15) is 0 Å². The maximum absolute atomic E-state index is 8.84. The van der Waals surface area contributed by atoms with Crippen LogP contribution < -0.4 is 11.1 Å². The third-order valence-electron chi connectivity index (χ3n) is 3.51. The Morgan fingerprint density at radius 3 is 2.78 bits per heavy atom. The van der Waals surface area contributed by atoms with Gasteiger partial charge in [-0.15, -0.1) is 0 Å². The Bertz CT molecular complexity index is 453. The van der Waals surface area contributed by atoms with Gasteiger partial charge in [0.1, 0.15) is 6.07 Å². The van der Waals surface area contributed by atoms with Gasteiger partial charge in [-0.05, 0) is 31.0 Å². The van der Waals surface area contributed by atoms with Crippen LogP contribution >= 0.6 is 11.6 Å². The average molecular weight is 264 g/mol. The van der Waals surface area contributed by atoms with E-state index in [-0.39, 0.29) is 6.04 Å². The van der Waals surface area contributed by atoms with Crippen LogP contribution in [0.25, 0.3) is 0 Å². The molecule has 2 unspecified atom stereocenters. The van der Waals surface area contributed by atoms with Gasteiger partial charge >= 0.3 is 0 Å². The highest BCUT2D eigenvalue weighted by Gasteiger charge is 2.20. The van der Waals surface area contributed by atoms with Crippen molar-refractivity contribution in [3.05, 3.63) is 28.8 Å². The normalized spacial score (nSPS) is 24.1. The third kappa shape index (κ3) is 3.16. The van der Waals surface area contributed by atoms with Gasteiger partial charge in [0, 0.05) is 17.8 Å². The van der Waals surface area contributed by atoms with Gasteiger partial charge in [0.15, 0.2) is 0 Å². The summed E-state index contributed by atoms with van der Waals surface area (Å²) in [5.41, 5.74) is 7.63. The van der Waals surface area contributed by atoms with Gasteiger partial charge in [-0.3, -0.25) is 0 Å². The van der Waals surface area contributed by atoms with Gasteiger partial charge in [0.2, 0.25) is 0 Å². The minimum Gasteiger partial charge on any atom is -0.381 e. The summed E-state index contributed by atoms with van der Waals surface area (Å²) in [5.74, 6) is 0. The molecule has 18 heavy (non-hydrogen) atoms. The zero-order chi connectivity index (χ0) is 13.0. The summed E-state index contributed by atoms with van der Waals surface area (Å²) in [6, 6.07) is 8.00. The Morgan fingerprint density at radius 2 is 2.06 bits per heavy atom. The zero-order valence-electron chi connectivity index (χ0n) is 10.3. The Morgan fingerprint density at radius 1 is 1.28 bits per heavy atom. The van der Waals surface area contributed by atoms with Crippen LogP contribution in [-0.4, -0.2) is 12.1 Å². The van der Waals surface area contributed by atoms with Gasteiger partial charge in [0.25, 0.3) is 0 Å². The lowest BCUT2D eigenvalue weighted by Gasteiger charge is -2.24. The first-order chi connectivity index (χ1) is 8.70. The number of benzene rings is 1. The number of rotatable bonds is 2. The first-order valence-electron chi connectivity index (χ1n) is 6.42. The molecular formula is C14H18ClN3. The molecule has 3 nitrogen and oxygen atoms in total. The van der Waals surface area contributed by atoms with Crippen molar-refractivity contribution in [1.82, 2.24) is 0 Å². The quantitative estimate of drug-likeness (QED) is 0.805. The van der Waals surface area contributed by atoms with E-state index in [2.05, 4.69) is 11.4 Å². The molecule has 0 aromatic heterocycles. The summed E-state index contributed by atoms with van der Waals surface area (Å²) < 4.78 is 0. The van der Waals surface area contributed by atoms with E-state index in [1.807, 2.05) is 6.07 Å². The van der Waals surface area contributed by atoms with Gasteiger partial charge < -0.3 is 11.1 Å². The van der Waals surface area contributed by atoms with Crippen LogP contribution in [0.4, 0.5) is 5.69 Å². The molecule has 1 aliphatic rings. The van der Waals surface area contributed by atoms with Gasteiger partial charge in [-0.25, -0.2) is 0 Å². The van der Waals surface area contributed by atoms with Gasteiger partial charge in [-0.1, -0.05) is 30.9 Å². The zero-order valence-corrected chi connectivity index (χ0v) is 11.1. The number of hydrogen-bond acceptors (Lipinski definition) is 3. The predicted molar refractivity (Wildman–Crippen MR) is 74.6 cm³/mol. The van der Waals surface area contributed by atoms with Crippen molar-refractivity contribution in [1.29, 1.82) is 5.26 Å². The topological polar surface area (TPSA) is 61.8 Å². The van der Waals surface area contributed by atoms with E-state index in [4.69, 9.17) is 22.6 Å². The number of nitrogens with one attached hydrogen (secondary N) is 1. The molecule has 1 fully saturated rings. The smallest absolute Gasteiger partial charge is 0.101 e. The molecule has 3 N–H and O–H groups in total. The Balaban J connectivity index is 2.08. The van der Waals surface area contributed by atoms with Crippen molar-refractivity contribution in [2.24, 2.45) is 5.73 Å². The van der Waals surface area contributed by atoms with Crippen molar-refractivity contribution in [2.45, 2.75) is 44.2 Å². The molecule has 96 valence electrons. The van der Waals surface area contributed by atoms with Gasteiger partial charge in [-0.2, -0.15) is 5.26 Å². The molecule has 0 radical (unpaired) electrons.